The zero-order valence-corrected chi connectivity index (χ0v) is 21.4. The first-order chi connectivity index (χ1) is 18.6. The Hall–Kier alpha value is -3.63. The lowest BCUT2D eigenvalue weighted by Gasteiger charge is -2.30. The molecule has 0 spiro atoms. The molecule has 0 N–H and O–H groups in total. The van der Waals surface area contributed by atoms with E-state index in [1.165, 1.54) is 10.1 Å². The number of rotatable bonds is 7. The highest BCUT2D eigenvalue weighted by Gasteiger charge is 2.29. The molecule has 8 nitrogen and oxygen atoms in total. The maximum absolute atomic E-state index is 14.2. The fourth-order valence-corrected chi connectivity index (χ4v) is 5.35. The molecular formula is C28H31F2N7O. The monoisotopic (exact) mass is 519 g/mol. The number of benzene rings is 2. The van der Waals surface area contributed by atoms with E-state index in [4.69, 9.17) is 14.7 Å². The van der Waals surface area contributed by atoms with Crippen molar-refractivity contribution >= 4 is 22.8 Å². The van der Waals surface area contributed by atoms with Gasteiger partial charge in [0.15, 0.2) is 5.82 Å². The molecule has 2 aliphatic rings. The Balaban J connectivity index is 1.36. The second-order valence-electron chi connectivity index (χ2n) is 9.85. The van der Waals surface area contributed by atoms with Crippen molar-refractivity contribution in [1.82, 2.24) is 24.4 Å². The molecule has 0 saturated carbocycles. The van der Waals surface area contributed by atoms with Crippen molar-refractivity contribution < 1.29 is 13.5 Å². The maximum atomic E-state index is 14.2. The number of alkyl halides is 2. The van der Waals surface area contributed by atoms with Crippen LogP contribution in [0.15, 0.2) is 60.7 Å². The first-order valence-corrected chi connectivity index (χ1v) is 13.0. The van der Waals surface area contributed by atoms with E-state index in [9.17, 15) is 8.78 Å². The van der Waals surface area contributed by atoms with Crippen molar-refractivity contribution in [2.75, 3.05) is 56.2 Å². The molecule has 6 rings (SSSR count). The summed E-state index contributed by atoms with van der Waals surface area (Å²) in [6.07, 6.45) is -1.77. The van der Waals surface area contributed by atoms with Gasteiger partial charge in [-0.25, -0.2) is 13.8 Å². The molecular weight excluding hydrogens is 488 g/mol. The van der Waals surface area contributed by atoms with Crippen LogP contribution >= 0.6 is 0 Å². The molecule has 0 aliphatic carbocycles. The van der Waals surface area contributed by atoms with Crippen LogP contribution in [0.1, 0.15) is 24.2 Å². The van der Waals surface area contributed by atoms with Gasteiger partial charge < -0.3 is 14.5 Å². The zero-order chi connectivity index (χ0) is 26.1. The molecule has 0 bridgehead atoms. The van der Waals surface area contributed by atoms with Crippen LogP contribution in [0.5, 0.6) is 0 Å². The molecule has 38 heavy (non-hydrogen) atoms. The van der Waals surface area contributed by atoms with Crippen LogP contribution < -0.4 is 9.80 Å². The quantitative estimate of drug-likeness (QED) is 0.361. The minimum absolute atomic E-state index is 0.209. The summed E-state index contributed by atoms with van der Waals surface area (Å²) >= 11 is 0. The topological polar surface area (TPSA) is 62.6 Å². The highest BCUT2D eigenvalue weighted by molar-refractivity contribution is 5.78. The Morgan fingerprint density at radius 3 is 2.47 bits per heavy atom. The Labute approximate surface area is 220 Å². The maximum Gasteiger partial charge on any atom is 0.296 e. The number of halogens is 2. The minimum atomic E-state index is -2.74. The number of aromatic nitrogens is 4. The molecule has 2 aliphatic heterocycles. The molecule has 2 saturated heterocycles. The summed E-state index contributed by atoms with van der Waals surface area (Å²) in [6.45, 7) is 5.30. The van der Waals surface area contributed by atoms with Gasteiger partial charge in [-0.15, -0.1) is 0 Å². The van der Waals surface area contributed by atoms with Crippen molar-refractivity contribution in [2.45, 2.75) is 25.4 Å². The van der Waals surface area contributed by atoms with Gasteiger partial charge in [-0.3, -0.25) is 9.47 Å². The van der Waals surface area contributed by atoms with E-state index < -0.39 is 6.43 Å². The third-order valence-corrected chi connectivity index (χ3v) is 7.39. The third kappa shape index (κ3) is 4.93. The number of fused-ring (bicyclic) bond motifs is 1. The highest BCUT2D eigenvalue weighted by Crippen LogP contribution is 2.30. The Kier molecular flexibility index (Phi) is 6.90. The molecule has 198 valence electrons. The molecule has 10 heteroatoms. The number of morpholine rings is 1. The van der Waals surface area contributed by atoms with Gasteiger partial charge in [0.05, 0.1) is 24.2 Å². The lowest BCUT2D eigenvalue weighted by atomic mass is 10.2. The summed E-state index contributed by atoms with van der Waals surface area (Å²) < 4.78 is 35.3. The number of para-hydroxylation sites is 2. The number of imidazole rings is 1. The van der Waals surface area contributed by atoms with Gasteiger partial charge in [-0.05, 0) is 24.1 Å². The fraction of sp³-hybridized carbons (Fsp3) is 0.393. The molecule has 2 aromatic carbocycles. The zero-order valence-electron chi connectivity index (χ0n) is 21.4. The first kappa shape index (κ1) is 24.7. The van der Waals surface area contributed by atoms with E-state index in [1.54, 1.807) is 24.3 Å². The second kappa shape index (κ2) is 10.6. The molecule has 4 heterocycles. The van der Waals surface area contributed by atoms with Gasteiger partial charge in [-0.2, -0.15) is 9.97 Å². The van der Waals surface area contributed by atoms with E-state index in [2.05, 4.69) is 43.9 Å². The predicted molar refractivity (Wildman–Crippen MR) is 143 cm³/mol. The number of nitrogens with zero attached hydrogens (tertiary/aromatic N) is 7. The predicted octanol–water partition coefficient (Wildman–Crippen LogP) is 4.30. The lowest BCUT2D eigenvalue weighted by Crippen LogP contribution is -2.38. The molecule has 2 aromatic heterocycles. The van der Waals surface area contributed by atoms with Gasteiger partial charge in [0.25, 0.3) is 6.43 Å². The Bertz CT molecular complexity index is 1390. The SMILES string of the molecule is CN(c1nc(N2CCOCC2)cc(-n2c(C(F)F)nc3ccccc32)n1)C1CCN(Cc2ccccc2)C1. The molecule has 1 atom stereocenters. The minimum Gasteiger partial charge on any atom is -0.378 e. The molecule has 1 unspecified atom stereocenters. The number of hydrogen-bond donors (Lipinski definition) is 0. The van der Waals surface area contributed by atoms with E-state index in [-0.39, 0.29) is 11.9 Å². The number of ether oxygens (including phenoxy) is 1. The normalized spacial score (nSPS) is 18.5. The van der Waals surface area contributed by atoms with Crippen LogP contribution in [0.25, 0.3) is 16.9 Å². The van der Waals surface area contributed by atoms with Crippen molar-refractivity contribution in [3.05, 3.63) is 72.1 Å². The number of likely N-dealkylation sites (tertiary alicyclic amines) is 1. The number of likely N-dealkylation sites (N-methyl/N-ethyl adjacent to an activating group) is 1. The average molecular weight is 520 g/mol. The van der Waals surface area contributed by atoms with Crippen LogP contribution in [0.4, 0.5) is 20.5 Å². The van der Waals surface area contributed by atoms with Crippen molar-refractivity contribution in [2.24, 2.45) is 0 Å². The standard InChI is InChI=1S/C28H31F2N7O/c1-34(21-11-12-35(19-21)18-20-7-3-2-4-8-20)28-32-24(36-13-15-38-16-14-36)17-25(33-28)37-23-10-6-5-9-22(23)31-27(37)26(29)30/h2-10,17,21,26H,11-16,18-19H2,1H3. The first-order valence-electron chi connectivity index (χ1n) is 13.0. The Morgan fingerprint density at radius 2 is 1.68 bits per heavy atom. The summed E-state index contributed by atoms with van der Waals surface area (Å²) in [6, 6.07) is 19.6. The van der Waals surface area contributed by atoms with E-state index >= 15 is 0 Å². The van der Waals surface area contributed by atoms with E-state index in [0.29, 0.717) is 54.9 Å². The van der Waals surface area contributed by atoms with Gasteiger partial charge in [0.1, 0.15) is 11.6 Å². The Morgan fingerprint density at radius 1 is 0.947 bits per heavy atom. The van der Waals surface area contributed by atoms with Gasteiger partial charge >= 0.3 is 0 Å². The van der Waals surface area contributed by atoms with Gasteiger partial charge in [0.2, 0.25) is 5.95 Å². The van der Waals surface area contributed by atoms with Crippen LogP contribution in [0.3, 0.4) is 0 Å². The van der Waals surface area contributed by atoms with Crippen LogP contribution in [0, 0.1) is 0 Å². The summed E-state index contributed by atoms with van der Waals surface area (Å²) in [5.74, 6) is 1.30. The van der Waals surface area contributed by atoms with Crippen LogP contribution in [-0.4, -0.2) is 76.9 Å². The molecule has 2 fully saturated rings. The smallest absolute Gasteiger partial charge is 0.296 e. The van der Waals surface area contributed by atoms with Crippen molar-refractivity contribution in [1.29, 1.82) is 0 Å². The molecule has 0 amide bonds. The van der Waals surface area contributed by atoms with Crippen LogP contribution in [0.2, 0.25) is 0 Å². The summed E-state index contributed by atoms with van der Waals surface area (Å²) in [4.78, 5) is 20.7. The second-order valence-corrected chi connectivity index (χ2v) is 9.85. The van der Waals surface area contributed by atoms with Gasteiger partial charge in [0, 0.05) is 51.9 Å². The number of hydrogen-bond acceptors (Lipinski definition) is 7. The average Bonchev–Trinajstić information content (AvgIpc) is 3.58. The van der Waals surface area contributed by atoms with E-state index in [1.807, 2.05) is 19.2 Å². The fourth-order valence-electron chi connectivity index (χ4n) is 5.35. The lowest BCUT2D eigenvalue weighted by molar-refractivity contribution is 0.122. The summed E-state index contributed by atoms with van der Waals surface area (Å²) in [5.41, 5.74) is 2.39. The van der Waals surface area contributed by atoms with E-state index in [0.717, 1.165) is 26.1 Å². The van der Waals surface area contributed by atoms with Gasteiger partial charge in [-0.1, -0.05) is 42.5 Å². The highest BCUT2D eigenvalue weighted by atomic mass is 19.3. The van der Waals surface area contributed by atoms with Crippen molar-refractivity contribution in [3.63, 3.8) is 0 Å². The summed E-state index contributed by atoms with van der Waals surface area (Å²) in [5, 5.41) is 0. The number of anilines is 2. The van der Waals surface area contributed by atoms with Crippen molar-refractivity contribution in [3.8, 4) is 5.82 Å². The largest absolute Gasteiger partial charge is 0.378 e. The molecule has 4 aromatic rings. The summed E-state index contributed by atoms with van der Waals surface area (Å²) in [7, 11) is 2.00. The van der Waals surface area contributed by atoms with Crippen LogP contribution in [-0.2, 0) is 11.3 Å². The third-order valence-electron chi connectivity index (χ3n) is 7.39. The molecule has 0 radical (unpaired) electrons.